The van der Waals surface area contributed by atoms with E-state index in [1.807, 2.05) is 24.4 Å². The Labute approximate surface area is 116 Å². The first-order valence-electron chi connectivity index (χ1n) is 6.03. The highest BCUT2D eigenvalue weighted by molar-refractivity contribution is 7.09. The molecule has 0 bridgehead atoms. The van der Waals surface area contributed by atoms with Gasteiger partial charge in [0.05, 0.1) is 23.4 Å². The van der Waals surface area contributed by atoms with E-state index in [1.54, 1.807) is 30.6 Å². The van der Waals surface area contributed by atoms with Crippen LogP contribution >= 0.6 is 11.3 Å². The molecule has 1 aromatic heterocycles. The van der Waals surface area contributed by atoms with Crippen molar-refractivity contribution in [2.24, 2.45) is 0 Å². The lowest BCUT2D eigenvalue weighted by atomic mass is 10.2. The number of rotatable bonds is 5. The van der Waals surface area contributed by atoms with Crippen molar-refractivity contribution in [1.82, 2.24) is 10.3 Å². The number of thiazole rings is 1. The number of nitrogens with zero attached hydrogens (tertiary/aromatic N) is 1. The fourth-order valence-corrected chi connectivity index (χ4v) is 2.40. The molecule has 0 radical (unpaired) electrons. The third kappa shape index (κ3) is 3.54. The van der Waals surface area contributed by atoms with Gasteiger partial charge in [-0.1, -0.05) is 12.1 Å². The molecule has 1 N–H and O–H groups in total. The van der Waals surface area contributed by atoms with E-state index in [0.717, 1.165) is 17.1 Å². The smallest absolute Gasteiger partial charge is 0.255 e. The molecule has 19 heavy (non-hydrogen) atoms. The maximum absolute atomic E-state index is 12.0. The second-order valence-corrected chi connectivity index (χ2v) is 5.13. The van der Waals surface area contributed by atoms with Gasteiger partial charge >= 0.3 is 0 Å². The second-order valence-electron chi connectivity index (χ2n) is 4.06. The van der Waals surface area contributed by atoms with E-state index in [0.29, 0.717) is 17.9 Å². The summed E-state index contributed by atoms with van der Waals surface area (Å²) in [6.07, 6.45) is 0.741. The minimum atomic E-state index is -0.121. The number of methoxy groups -OCH3 is 1. The van der Waals surface area contributed by atoms with Crippen molar-refractivity contribution in [2.75, 3.05) is 13.7 Å². The number of nitrogens with one attached hydrogen (secondary N) is 1. The van der Waals surface area contributed by atoms with Crippen molar-refractivity contribution in [3.63, 3.8) is 0 Å². The average Bonchev–Trinajstić information content (AvgIpc) is 2.84. The quantitative estimate of drug-likeness (QED) is 0.912. The lowest BCUT2D eigenvalue weighted by Gasteiger charge is -2.08. The number of ether oxygens (including phenoxy) is 1. The van der Waals surface area contributed by atoms with Crippen LogP contribution in [-0.2, 0) is 6.42 Å². The molecule has 1 aromatic carbocycles. The predicted molar refractivity (Wildman–Crippen MR) is 75.9 cm³/mol. The summed E-state index contributed by atoms with van der Waals surface area (Å²) in [4.78, 5) is 16.4. The van der Waals surface area contributed by atoms with Crippen LogP contribution in [0.4, 0.5) is 0 Å². The first kappa shape index (κ1) is 13.5. The minimum absolute atomic E-state index is 0.121. The summed E-state index contributed by atoms with van der Waals surface area (Å²) in [5.74, 6) is 0.467. The fraction of sp³-hybridized carbons (Fsp3) is 0.286. The number of aryl methyl sites for hydroxylation is 1. The molecule has 1 amide bonds. The molecule has 0 aliphatic rings. The SMILES string of the molecule is COc1ccccc1C(=O)NCCc1csc(C)n1. The minimum Gasteiger partial charge on any atom is -0.496 e. The van der Waals surface area contributed by atoms with Crippen LogP contribution in [0.1, 0.15) is 21.1 Å². The molecule has 2 aromatic rings. The van der Waals surface area contributed by atoms with E-state index < -0.39 is 0 Å². The maximum atomic E-state index is 12.0. The molecule has 0 aliphatic heterocycles. The molecule has 0 aliphatic carbocycles. The maximum Gasteiger partial charge on any atom is 0.255 e. The average molecular weight is 276 g/mol. The third-order valence-electron chi connectivity index (χ3n) is 2.68. The second kappa shape index (κ2) is 6.33. The molecule has 100 valence electrons. The Bertz CT molecular complexity index is 566. The Morgan fingerprint density at radius 3 is 2.89 bits per heavy atom. The Kier molecular flexibility index (Phi) is 4.52. The van der Waals surface area contributed by atoms with Gasteiger partial charge in [-0.15, -0.1) is 11.3 Å². The largest absolute Gasteiger partial charge is 0.496 e. The molecule has 0 atom stereocenters. The molecule has 0 spiro atoms. The predicted octanol–water partition coefficient (Wildman–Crippen LogP) is 2.43. The molecular weight excluding hydrogens is 260 g/mol. The van der Waals surface area contributed by atoms with Crippen molar-refractivity contribution < 1.29 is 9.53 Å². The highest BCUT2D eigenvalue weighted by Gasteiger charge is 2.10. The number of amides is 1. The Balaban J connectivity index is 1.90. The molecule has 2 rings (SSSR count). The van der Waals surface area contributed by atoms with Crippen LogP contribution in [0.5, 0.6) is 5.75 Å². The Hall–Kier alpha value is -1.88. The van der Waals surface area contributed by atoms with Crippen molar-refractivity contribution in [3.8, 4) is 5.75 Å². The number of aromatic nitrogens is 1. The molecule has 4 nitrogen and oxygen atoms in total. The molecule has 0 unspecified atom stereocenters. The van der Waals surface area contributed by atoms with E-state index in [4.69, 9.17) is 4.74 Å². The van der Waals surface area contributed by atoms with Gasteiger partial charge in [-0.05, 0) is 19.1 Å². The summed E-state index contributed by atoms with van der Waals surface area (Å²) < 4.78 is 5.16. The zero-order valence-electron chi connectivity index (χ0n) is 11.0. The van der Waals surface area contributed by atoms with E-state index in [9.17, 15) is 4.79 Å². The van der Waals surface area contributed by atoms with Crippen molar-refractivity contribution in [1.29, 1.82) is 0 Å². The summed E-state index contributed by atoms with van der Waals surface area (Å²) in [6.45, 7) is 2.54. The van der Waals surface area contributed by atoms with Crippen molar-refractivity contribution in [2.45, 2.75) is 13.3 Å². The normalized spacial score (nSPS) is 10.2. The van der Waals surface area contributed by atoms with E-state index in [-0.39, 0.29) is 5.91 Å². The number of hydrogen-bond acceptors (Lipinski definition) is 4. The summed E-state index contributed by atoms with van der Waals surface area (Å²) in [5, 5.41) is 5.94. The zero-order valence-corrected chi connectivity index (χ0v) is 11.8. The zero-order chi connectivity index (χ0) is 13.7. The lowest BCUT2D eigenvalue weighted by Crippen LogP contribution is -2.26. The van der Waals surface area contributed by atoms with Gasteiger partial charge < -0.3 is 10.1 Å². The number of para-hydroxylation sites is 1. The topological polar surface area (TPSA) is 51.2 Å². The van der Waals surface area contributed by atoms with Crippen LogP contribution in [0.2, 0.25) is 0 Å². The lowest BCUT2D eigenvalue weighted by molar-refractivity contribution is 0.0951. The van der Waals surface area contributed by atoms with Crippen LogP contribution < -0.4 is 10.1 Å². The van der Waals surface area contributed by atoms with Crippen LogP contribution in [0, 0.1) is 6.92 Å². The highest BCUT2D eigenvalue weighted by atomic mass is 32.1. The van der Waals surface area contributed by atoms with Gasteiger partial charge in [-0.3, -0.25) is 4.79 Å². The van der Waals surface area contributed by atoms with E-state index in [1.165, 1.54) is 0 Å². The van der Waals surface area contributed by atoms with Gasteiger partial charge in [-0.25, -0.2) is 4.98 Å². The summed E-state index contributed by atoms with van der Waals surface area (Å²) in [7, 11) is 1.56. The monoisotopic (exact) mass is 276 g/mol. The van der Waals surface area contributed by atoms with E-state index in [2.05, 4.69) is 10.3 Å². The standard InChI is InChI=1S/C14H16N2O2S/c1-10-16-11(9-19-10)7-8-15-14(17)12-5-3-4-6-13(12)18-2/h3-6,9H,7-8H2,1-2H3,(H,15,17). The summed E-state index contributed by atoms with van der Waals surface area (Å²) in [5.41, 5.74) is 1.57. The van der Waals surface area contributed by atoms with Crippen LogP contribution in [0.15, 0.2) is 29.6 Å². The van der Waals surface area contributed by atoms with Gasteiger partial charge in [0.25, 0.3) is 5.91 Å². The van der Waals surface area contributed by atoms with Crippen LogP contribution in [0.3, 0.4) is 0 Å². The van der Waals surface area contributed by atoms with Crippen LogP contribution in [-0.4, -0.2) is 24.5 Å². The molecule has 0 saturated heterocycles. The fourth-order valence-electron chi connectivity index (χ4n) is 1.75. The Morgan fingerprint density at radius 2 is 2.21 bits per heavy atom. The molecule has 0 fully saturated rings. The molecule has 5 heteroatoms. The first-order valence-corrected chi connectivity index (χ1v) is 6.91. The van der Waals surface area contributed by atoms with Gasteiger partial charge in [0.2, 0.25) is 0 Å². The number of carbonyl (C=O) groups excluding carboxylic acids is 1. The molecule has 0 saturated carbocycles. The molecule has 1 heterocycles. The van der Waals surface area contributed by atoms with Gasteiger partial charge in [-0.2, -0.15) is 0 Å². The number of carbonyl (C=O) groups is 1. The first-order chi connectivity index (χ1) is 9.20. The molecular formula is C14H16N2O2S. The third-order valence-corrected chi connectivity index (χ3v) is 3.51. The van der Waals surface area contributed by atoms with Gasteiger partial charge in [0, 0.05) is 18.3 Å². The summed E-state index contributed by atoms with van der Waals surface area (Å²) in [6, 6.07) is 7.19. The van der Waals surface area contributed by atoms with Crippen molar-refractivity contribution in [3.05, 3.63) is 45.9 Å². The van der Waals surface area contributed by atoms with Gasteiger partial charge in [0.1, 0.15) is 5.75 Å². The highest BCUT2D eigenvalue weighted by Crippen LogP contribution is 2.16. The number of benzene rings is 1. The van der Waals surface area contributed by atoms with Crippen LogP contribution in [0.25, 0.3) is 0 Å². The van der Waals surface area contributed by atoms with Gasteiger partial charge in [0.15, 0.2) is 0 Å². The van der Waals surface area contributed by atoms with E-state index >= 15 is 0 Å². The van der Waals surface area contributed by atoms with Crippen molar-refractivity contribution >= 4 is 17.2 Å². The number of hydrogen-bond donors (Lipinski definition) is 1. The Morgan fingerprint density at radius 1 is 1.42 bits per heavy atom. The summed E-state index contributed by atoms with van der Waals surface area (Å²) >= 11 is 1.62.